The first-order chi connectivity index (χ1) is 9.56. The molecule has 0 spiro atoms. The number of aryl methyl sites for hydroxylation is 1. The van der Waals surface area contributed by atoms with Gasteiger partial charge in [0.25, 0.3) is 0 Å². The molecular weight excluding hydrogens is 295 g/mol. The highest BCUT2D eigenvalue weighted by atomic mass is 35.5. The van der Waals surface area contributed by atoms with E-state index in [4.69, 9.17) is 23.2 Å². The van der Waals surface area contributed by atoms with Gasteiger partial charge in [0.1, 0.15) is 5.82 Å². The van der Waals surface area contributed by atoms with Crippen molar-refractivity contribution in [3.63, 3.8) is 0 Å². The van der Waals surface area contributed by atoms with E-state index in [2.05, 4.69) is 10.1 Å². The Bertz CT molecular complexity index is 758. The lowest BCUT2D eigenvalue weighted by Gasteiger charge is -2.09. The van der Waals surface area contributed by atoms with Crippen LogP contribution in [0, 0.1) is 0 Å². The predicted octanol–water partition coefficient (Wildman–Crippen LogP) is 3.77. The SMILES string of the molecule is CC(Cl)c1nc2cccc(Cl)c2n1Cc1ccn(C)n1. The monoisotopic (exact) mass is 308 g/mol. The summed E-state index contributed by atoms with van der Waals surface area (Å²) in [5, 5.41) is 4.89. The molecule has 4 nitrogen and oxygen atoms in total. The molecule has 104 valence electrons. The summed E-state index contributed by atoms with van der Waals surface area (Å²) >= 11 is 12.6. The molecule has 0 saturated heterocycles. The van der Waals surface area contributed by atoms with Gasteiger partial charge in [-0.2, -0.15) is 5.10 Å². The fourth-order valence-corrected chi connectivity index (χ4v) is 2.77. The van der Waals surface area contributed by atoms with Crippen LogP contribution in [-0.4, -0.2) is 19.3 Å². The van der Waals surface area contributed by atoms with Gasteiger partial charge in [0.05, 0.1) is 33.7 Å². The van der Waals surface area contributed by atoms with Crippen molar-refractivity contribution in [3.8, 4) is 0 Å². The quantitative estimate of drug-likeness (QED) is 0.690. The first-order valence-corrected chi connectivity index (χ1v) is 7.15. The number of hydrogen-bond acceptors (Lipinski definition) is 2. The van der Waals surface area contributed by atoms with Crippen molar-refractivity contribution >= 4 is 34.2 Å². The van der Waals surface area contributed by atoms with Crippen molar-refractivity contribution in [2.45, 2.75) is 18.8 Å². The van der Waals surface area contributed by atoms with Crippen molar-refractivity contribution in [1.82, 2.24) is 19.3 Å². The lowest BCUT2D eigenvalue weighted by Crippen LogP contribution is -2.07. The molecule has 0 saturated carbocycles. The average Bonchev–Trinajstić information content (AvgIpc) is 2.95. The second kappa shape index (κ2) is 5.11. The molecule has 1 aromatic carbocycles. The van der Waals surface area contributed by atoms with E-state index in [1.165, 1.54) is 0 Å². The molecule has 0 aliphatic carbocycles. The highest BCUT2D eigenvalue weighted by Crippen LogP contribution is 2.29. The molecule has 0 aliphatic rings. The van der Waals surface area contributed by atoms with E-state index in [1.807, 2.05) is 49.0 Å². The molecule has 2 heterocycles. The van der Waals surface area contributed by atoms with Gasteiger partial charge in [-0.15, -0.1) is 11.6 Å². The van der Waals surface area contributed by atoms with Crippen LogP contribution in [0.3, 0.4) is 0 Å². The maximum atomic E-state index is 6.32. The second-order valence-corrected chi connectivity index (χ2v) is 5.82. The summed E-state index contributed by atoms with van der Waals surface area (Å²) in [7, 11) is 1.90. The van der Waals surface area contributed by atoms with Gasteiger partial charge in [0, 0.05) is 13.2 Å². The number of halogens is 2. The van der Waals surface area contributed by atoms with Gasteiger partial charge in [-0.3, -0.25) is 4.68 Å². The molecule has 6 heteroatoms. The van der Waals surface area contributed by atoms with Gasteiger partial charge in [-0.05, 0) is 25.1 Å². The van der Waals surface area contributed by atoms with Crippen molar-refractivity contribution < 1.29 is 0 Å². The van der Waals surface area contributed by atoms with Gasteiger partial charge < -0.3 is 4.57 Å². The topological polar surface area (TPSA) is 35.6 Å². The number of fused-ring (bicyclic) bond motifs is 1. The van der Waals surface area contributed by atoms with Crippen molar-refractivity contribution in [1.29, 1.82) is 0 Å². The van der Waals surface area contributed by atoms with Gasteiger partial charge in [0.2, 0.25) is 0 Å². The van der Waals surface area contributed by atoms with E-state index >= 15 is 0 Å². The maximum absolute atomic E-state index is 6.32. The molecule has 0 radical (unpaired) electrons. The zero-order valence-corrected chi connectivity index (χ0v) is 12.7. The summed E-state index contributed by atoms with van der Waals surface area (Å²) in [5.74, 6) is 0.806. The predicted molar refractivity (Wildman–Crippen MR) is 81.3 cm³/mol. The fourth-order valence-electron chi connectivity index (χ4n) is 2.33. The average molecular weight is 309 g/mol. The summed E-state index contributed by atoms with van der Waals surface area (Å²) in [6, 6.07) is 7.68. The molecular formula is C14H14Cl2N4. The Kier molecular flexibility index (Phi) is 3.44. The molecule has 3 rings (SSSR count). The first kappa shape index (κ1) is 13.5. The van der Waals surface area contributed by atoms with E-state index in [-0.39, 0.29) is 5.38 Å². The number of alkyl halides is 1. The molecule has 20 heavy (non-hydrogen) atoms. The van der Waals surface area contributed by atoms with E-state index < -0.39 is 0 Å². The molecule has 0 fully saturated rings. The summed E-state index contributed by atoms with van der Waals surface area (Å²) in [4.78, 5) is 4.59. The van der Waals surface area contributed by atoms with Crippen LogP contribution in [-0.2, 0) is 13.6 Å². The Morgan fingerprint density at radius 2 is 2.10 bits per heavy atom. The summed E-state index contributed by atoms with van der Waals surface area (Å²) < 4.78 is 3.82. The van der Waals surface area contributed by atoms with Crippen LogP contribution in [0.25, 0.3) is 11.0 Å². The largest absolute Gasteiger partial charge is 0.319 e. The number of imidazole rings is 1. The second-order valence-electron chi connectivity index (χ2n) is 4.76. The number of benzene rings is 1. The maximum Gasteiger partial charge on any atom is 0.128 e. The minimum absolute atomic E-state index is 0.192. The van der Waals surface area contributed by atoms with Crippen molar-refractivity contribution in [2.75, 3.05) is 0 Å². The van der Waals surface area contributed by atoms with Crippen LogP contribution in [0.2, 0.25) is 5.02 Å². The van der Waals surface area contributed by atoms with Crippen molar-refractivity contribution in [3.05, 3.63) is 47.0 Å². The third-order valence-electron chi connectivity index (χ3n) is 3.19. The third-order valence-corrected chi connectivity index (χ3v) is 3.69. The van der Waals surface area contributed by atoms with Gasteiger partial charge >= 0.3 is 0 Å². The minimum Gasteiger partial charge on any atom is -0.319 e. The Balaban J connectivity index is 2.18. The zero-order valence-electron chi connectivity index (χ0n) is 11.2. The van der Waals surface area contributed by atoms with Crippen LogP contribution in [0.15, 0.2) is 30.5 Å². The van der Waals surface area contributed by atoms with Crippen LogP contribution in [0.1, 0.15) is 23.8 Å². The van der Waals surface area contributed by atoms with Gasteiger partial charge in [0.15, 0.2) is 0 Å². The molecule has 0 aliphatic heterocycles. The van der Waals surface area contributed by atoms with Gasteiger partial charge in [-0.1, -0.05) is 17.7 Å². The number of hydrogen-bond donors (Lipinski definition) is 0. The Hall–Kier alpha value is -1.52. The highest BCUT2D eigenvalue weighted by molar-refractivity contribution is 6.35. The first-order valence-electron chi connectivity index (χ1n) is 6.33. The Morgan fingerprint density at radius 1 is 1.30 bits per heavy atom. The van der Waals surface area contributed by atoms with E-state index in [0.29, 0.717) is 11.6 Å². The summed E-state index contributed by atoms with van der Waals surface area (Å²) in [5.41, 5.74) is 2.71. The van der Waals surface area contributed by atoms with E-state index in [1.54, 1.807) is 4.68 Å². The van der Waals surface area contributed by atoms with E-state index in [9.17, 15) is 0 Å². The lowest BCUT2D eigenvalue weighted by molar-refractivity contribution is 0.689. The summed E-state index contributed by atoms with van der Waals surface area (Å²) in [6.45, 7) is 2.51. The third kappa shape index (κ3) is 2.30. The molecule has 1 unspecified atom stereocenters. The van der Waals surface area contributed by atoms with Crippen LogP contribution >= 0.6 is 23.2 Å². The minimum atomic E-state index is -0.192. The van der Waals surface area contributed by atoms with E-state index in [0.717, 1.165) is 22.6 Å². The summed E-state index contributed by atoms with van der Waals surface area (Å²) in [6.07, 6.45) is 1.92. The Labute approximate surface area is 126 Å². The van der Waals surface area contributed by atoms with Crippen LogP contribution < -0.4 is 0 Å². The fraction of sp³-hybridized carbons (Fsp3) is 0.286. The number of nitrogens with zero attached hydrogens (tertiary/aromatic N) is 4. The standard InChI is InChI=1S/C14H14Cl2N4/c1-9(15)14-17-12-5-3-4-11(16)13(12)20(14)8-10-6-7-19(2)18-10/h3-7,9H,8H2,1-2H3. The highest BCUT2D eigenvalue weighted by Gasteiger charge is 2.17. The van der Waals surface area contributed by atoms with Crippen LogP contribution in [0.4, 0.5) is 0 Å². The zero-order chi connectivity index (χ0) is 14.3. The molecule has 0 bridgehead atoms. The van der Waals surface area contributed by atoms with Gasteiger partial charge in [-0.25, -0.2) is 4.98 Å². The lowest BCUT2D eigenvalue weighted by atomic mass is 10.3. The number of rotatable bonds is 3. The number of aromatic nitrogens is 4. The normalized spacial score (nSPS) is 13.0. The molecule has 2 aromatic heterocycles. The molecule has 0 amide bonds. The smallest absolute Gasteiger partial charge is 0.128 e. The number of para-hydroxylation sites is 1. The Morgan fingerprint density at radius 3 is 2.75 bits per heavy atom. The molecule has 1 atom stereocenters. The molecule has 0 N–H and O–H groups in total. The van der Waals surface area contributed by atoms with Crippen LogP contribution in [0.5, 0.6) is 0 Å². The molecule has 3 aromatic rings. The van der Waals surface area contributed by atoms with Crippen molar-refractivity contribution in [2.24, 2.45) is 7.05 Å².